The summed E-state index contributed by atoms with van der Waals surface area (Å²) in [6.07, 6.45) is 0.955. The molecule has 33 heavy (non-hydrogen) atoms. The maximum Gasteiger partial charge on any atom is 0.324 e. The highest BCUT2D eigenvalue weighted by atomic mass is 32.2. The van der Waals surface area contributed by atoms with E-state index < -0.39 is 22.5 Å². The Morgan fingerprint density at radius 2 is 1.61 bits per heavy atom. The van der Waals surface area contributed by atoms with Crippen LogP contribution in [-0.2, 0) is 19.6 Å². The van der Waals surface area contributed by atoms with E-state index in [1.807, 2.05) is 54.6 Å². The van der Waals surface area contributed by atoms with Gasteiger partial charge in [-0.1, -0.05) is 48.5 Å². The third kappa shape index (κ3) is 4.73. The van der Waals surface area contributed by atoms with Gasteiger partial charge in [-0.15, -0.1) is 0 Å². The number of carboxylic acids is 1. The van der Waals surface area contributed by atoms with Crippen molar-refractivity contribution >= 4 is 50.2 Å². The van der Waals surface area contributed by atoms with Crippen molar-refractivity contribution in [1.82, 2.24) is 0 Å². The Kier molecular flexibility index (Phi) is 5.89. The highest BCUT2D eigenvalue weighted by Gasteiger charge is 2.28. The van der Waals surface area contributed by atoms with Gasteiger partial charge in [-0.25, -0.2) is 8.42 Å². The van der Waals surface area contributed by atoms with E-state index in [2.05, 4.69) is 10.6 Å². The number of hydrogen-bond acceptors (Lipinski definition) is 5. The molecule has 1 amide bonds. The van der Waals surface area contributed by atoms with Crippen LogP contribution < -0.4 is 14.9 Å². The van der Waals surface area contributed by atoms with Gasteiger partial charge in [0.25, 0.3) is 5.91 Å². The van der Waals surface area contributed by atoms with Crippen LogP contribution in [0.2, 0.25) is 0 Å². The molecule has 0 unspecified atom stereocenters. The normalized spacial score (nSPS) is 14.3. The fraction of sp³-hybridized carbons (Fsp3) is 0.0833. The molecule has 0 fully saturated rings. The van der Waals surface area contributed by atoms with E-state index in [4.69, 9.17) is 5.11 Å². The van der Waals surface area contributed by atoms with Crippen molar-refractivity contribution in [3.8, 4) is 0 Å². The Hall–Kier alpha value is -4.11. The third-order valence-electron chi connectivity index (χ3n) is 5.09. The van der Waals surface area contributed by atoms with Crippen LogP contribution in [0.1, 0.15) is 11.1 Å². The Labute approximate surface area is 191 Å². The molecule has 1 aliphatic heterocycles. The molecule has 0 spiro atoms. The molecule has 0 saturated carbocycles. The number of aliphatic carboxylic acids is 1. The highest BCUT2D eigenvalue weighted by molar-refractivity contribution is 7.92. The number of amides is 1. The molecule has 168 valence electrons. The van der Waals surface area contributed by atoms with Crippen LogP contribution in [-0.4, -0.2) is 38.2 Å². The first-order chi connectivity index (χ1) is 15.7. The molecule has 0 saturated heterocycles. The predicted octanol–water partition coefficient (Wildman–Crippen LogP) is 3.47. The summed E-state index contributed by atoms with van der Waals surface area (Å²) in [6.45, 7) is -0.679. The number of fused-ring (bicyclic) bond motifs is 1. The van der Waals surface area contributed by atoms with Gasteiger partial charge in [-0.05, 0) is 35.9 Å². The molecule has 1 aliphatic rings. The van der Waals surface area contributed by atoms with Gasteiger partial charge in [-0.3, -0.25) is 13.9 Å². The molecule has 0 bridgehead atoms. The van der Waals surface area contributed by atoms with E-state index in [9.17, 15) is 18.0 Å². The average molecular weight is 464 g/mol. The van der Waals surface area contributed by atoms with Gasteiger partial charge in [0.2, 0.25) is 10.0 Å². The molecule has 3 aromatic rings. The van der Waals surface area contributed by atoms with E-state index in [-0.39, 0.29) is 11.6 Å². The Balaban J connectivity index is 1.75. The number of carbonyl (C=O) groups excluding carboxylic acids is 1. The molecule has 8 nitrogen and oxygen atoms in total. The molecule has 3 N–H and O–H groups in total. The standard InChI is InChI=1S/C24H21N3O5S/c1-33(31,32)27(15-21(28)29)18-13-11-17(12-14-18)25-23(16-7-3-2-4-8-16)22-19-9-5-6-10-20(19)26-24(22)30/h2-14,25H,15H2,1H3,(H,26,30)(H,28,29). The van der Waals surface area contributed by atoms with Crippen molar-refractivity contribution in [2.75, 3.05) is 27.7 Å². The van der Waals surface area contributed by atoms with Gasteiger partial charge in [0.15, 0.2) is 0 Å². The minimum absolute atomic E-state index is 0.225. The summed E-state index contributed by atoms with van der Waals surface area (Å²) in [4.78, 5) is 24.0. The molecule has 0 aliphatic carbocycles. The molecule has 0 atom stereocenters. The topological polar surface area (TPSA) is 116 Å². The van der Waals surface area contributed by atoms with E-state index in [0.717, 1.165) is 27.4 Å². The van der Waals surface area contributed by atoms with E-state index in [0.29, 0.717) is 17.0 Å². The zero-order chi connectivity index (χ0) is 23.6. The lowest BCUT2D eigenvalue weighted by Gasteiger charge is -2.21. The van der Waals surface area contributed by atoms with Gasteiger partial charge >= 0.3 is 5.97 Å². The summed E-state index contributed by atoms with van der Waals surface area (Å²) in [5, 5.41) is 15.2. The Morgan fingerprint density at radius 1 is 0.970 bits per heavy atom. The lowest BCUT2D eigenvalue weighted by Crippen LogP contribution is -2.34. The predicted molar refractivity (Wildman–Crippen MR) is 128 cm³/mol. The summed E-state index contributed by atoms with van der Waals surface area (Å²) in [5.41, 5.74) is 4.21. The number of anilines is 3. The van der Waals surface area contributed by atoms with Gasteiger partial charge in [-0.2, -0.15) is 0 Å². The number of carbonyl (C=O) groups is 2. The van der Waals surface area contributed by atoms with Crippen LogP contribution in [0.25, 0.3) is 11.3 Å². The summed E-state index contributed by atoms with van der Waals surface area (Å²) >= 11 is 0. The molecule has 0 radical (unpaired) electrons. The van der Waals surface area contributed by atoms with Crippen molar-refractivity contribution in [2.45, 2.75) is 0 Å². The molecule has 0 aromatic heterocycles. The van der Waals surface area contributed by atoms with Crippen molar-refractivity contribution in [3.05, 3.63) is 90.0 Å². The van der Waals surface area contributed by atoms with Gasteiger partial charge < -0.3 is 15.7 Å². The average Bonchev–Trinajstić information content (AvgIpc) is 3.12. The highest BCUT2D eigenvalue weighted by Crippen LogP contribution is 2.37. The molecular formula is C24H21N3O5S. The largest absolute Gasteiger partial charge is 0.480 e. The number of nitrogens with one attached hydrogen (secondary N) is 2. The molecule has 4 rings (SSSR count). The molecular weight excluding hydrogens is 442 g/mol. The van der Waals surface area contributed by atoms with Gasteiger partial charge in [0, 0.05) is 16.9 Å². The third-order valence-corrected chi connectivity index (χ3v) is 6.23. The molecule has 1 heterocycles. The van der Waals surface area contributed by atoms with E-state index in [1.165, 1.54) is 12.1 Å². The molecule has 3 aromatic carbocycles. The SMILES string of the molecule is CS(=O)(=O)N(CC(=O)O)c1ccc(NC(=C2C(=O)Nc3ccccc32)c2ccccc2)cc1. The second kappa shape index (κ2) is 8.79. The lowest BCUT2D eigenvalue weighted by molar-refractivity contribution is -0.135. The number of nitrogens with zero attached hydrogens (tertiary/aromatic N) is 1. The zero-order valence-corrected chi connectivity index (χ0v) is 18.5. The summed E-state index contributed by atoms with van der Waals surface area (Å²) in [6, 6.07) is 23.1. The fourth-order valence-electron chi connectivity index (χ4n) is 3.63. The molecule has 9 heteroatoms. The summed E-state index contributed by atoms with van der Waals surface area (Å²) in [5.74, 6) is -1.49. The van der Waals surface area contributed by atoms with E-state index in [1.54, 1.807) is 12.1 Å². The quantitative estimate of drug-likeness (QED) is 0.462. The van der Waals surface area contributed by atoms with Crippen LogP contribution >= 0.6 is 0 Å². The minimum Gasteiger partial charge on any atom is -0.480 e. The van der Waals surface area contributed by atoms with Crippen molar-refractivity contribution in [3.63, 3.8) is 0 Å². The van der Waals surface area contributed by atoms with Gasteiger partial charge in [0.1, 0.15) is 6.54 Å². The van der Waals surface area contributed by atoms with Crippen molar-refractivity contribution in [2.24, 2.45) is 0 Å². The van der Waals surface area contributed by atoms with E-state index >= 15 is 0 Å². The van der Waals surface area contributed by atoms with Crippen molar-refractivity contribution in [1.29, 1.82) is 0 Å². The second-order valence-corrected chi connectivity index (χ2v) is 9.36. The number of carboxylic acid groups (broad SMARTS) is 1. The maximum atomic E-state index is 12.9. The van der Waals surface area contributed by atoms with Gasteiger partial charge in [0.05, 0.1) is 23.2 Å². The van der Waals surface area contributed by atoms with Crippen molar-refractivity contribution < 1.29 is 23.1 Å². The first-order valence-corrected chi connectivity index (χ1v) is 11.9. The first-order valence-electron chi connectivity index (χ1n) is 10.0. The fourth-order valence-corrected chi connectivity index (χ4v) is 4.48. The van der Waals surface area contributed by atoms with Crippen LogP contribution in [0.4, 0.5) is 17.1 Å². The van der Waals surface area contributed by atoms with Crippen LogP contribution in [0.3, 0.4) is 0 Å². The Morgan fingerprint density at radius 3 is 2.24 bits per heavy atom. The number of sulfonamides is 1. The van der Waals surface area contributed by atoms with Crippen LogP contribution in [0.15, 0.2) is 78.9 Å². The first kappa shape index (κ1) is 22.1. The number of rotatable bonds is 7. The number of benzene rings is 3. The Bertz CT molecular complexity index is 1350. The van der Waals surface area contributed by atoms with Crippen LogP contribution in [0.5, 0.6) is 0 Å². The number of hydrogen-bond donors (Lipinski definition) is 3. The maximum absolute atomic E-state index is 12.9. The monoisotopic (exact) mass is 463 g/mol. The summed E-state index contributed by atoms with van der Waals surface area (Å²) in [7, 11) is -3.78. The summed E-state index contributed by atoms with van der Waals surface area (Å²) < 4.78 is 24.9. The zero-order valence-electron chi connectivity index (χ0n) is 17.6. The minimum atomic E-state index is -3.78. The van der Waals surface area contributed by atoms with Crippen LogP contribution in [0, 0.1) is 0 Å². The second-order valence-electron chi connectivity index (χ2n) is 7.45. The lowest BCUT2D eigenvalue weighted by atomic mass is 10.00. The number of para-hydroxylation sites is 1. The smallest absolute Gasteiger partial charge is 0.324 e.